The first kappa shape index (κ1) is 13.4. The Morgan fingerprint density at radius 3 is 2.59 bits per heavy atom. The molecule has 1 atom stereocenters. The van der Waals surface area contributed by atoms with E-state index < -0.39 is 23.5 Å². The van der Waals surface area contributed by atoms with E-state index in [1.807, 2.05) is 0 Å². The van der Waals surface area contributed by atoms with Gasteiger partial charge in [0.1, 0.15) is 11.7 Å². The molecule has 0 saturated heterocycles. The molecule has 0 aliphatic heterocycles. The highest BCUT2D eigenvalue weighted by molar-refractivity contribution is 6.09. The summed E-state index contributed by atoms with van der Waals surface area (Å²) < 4.78 is 17.7. The van der Waals surface area contributed by atoms with E-state index in [9.17, 15) is 14.0 Å². The number of carbonyl (C=O) groups is 2. The van der Waals surface area contributed by atoms with Crippen molar-refractivity contribution in [3.8, 4) is 0 Å². The number of benzene rings is 1. The number of Topliss-reactive ketones (excluding diaryl/α,β-unsaturated/α-hetero) is 1. The van der Waals surface area contributed by atoms with Gasteiger partial charge in [-0.1, -0.05) is 13.0 Å². The minimum atomic E-state index is -0.861. The first-order chi connectivity index (χ1) is 8.01. The molecule has 4 heteroatoms. The SMILES string of the molecule is CCC(C(=O)OC)C(=O)c1cc(F)ccc1C. The molecule has 0 aromatic heterocycles. The summed E-state index contributed by atoms with van der Waals surface area (Å²) in [6, 6.07) is 3.96. The van der Waals surface area contributed by atoms with Gasteiger partial charge in [-0.15, -0.1) is 0 Å². The number of rotatable bonds is 4. The zero-order chi connectivity index (χ0) is 13.0. The van der Waals surface area contributed by atoms with E-state index in [1.165, 1.54) is 19.2 Å². The van der Waals surface area contributed by atoms with Gasteiger partial charge in [-0.2, -0.15) is 0 Å². The van der Waals surface area contributed by atoms with Crippen LogP contribution < -0.4 is 0 Å². The Bertz CT molecular complexity index is 440. The van der Waals surface area contributed by atoms with Gasteiger partial charge < -0.3 is 4.74 Å². The Labute approximate surface area is 99.6 Å². The molecule has 17 heavy (non-hydrogen) atoms. The molecule has 0 bridgehead atoms. The average molecular weight is 238 g/mol. The highest BCUT2D eigenvalue weighted by Crippen LogP contribution is 2.18. The Morgan fingerprint density at radius 2 is 2.06 bits per heavy atom. The summed E-state index contributed by atoms with van der Waals surface area (Å²) in [5.74, 6) is -2.32. The molecule has 1 aromatic carbocycles. The third-order valence-corrected chi connectivity index (χ3v) is 2.68. The van der Waals surface area contributed by atoms with Crippen LogP contribution in [0.15, 0.2) is 18.2 Å². The first-order valence-electron chi connectivity index (χ1n) is 5.39. The average Bonchev–Trinajstić information content (AvgIpc) is 2.32. The minimum Gasteiger partial charge on any atom is -0.468 e. The monoisotopic (exact) mass is 238 g/mol. The van der Waals surface area contributed by atoms with E-state index in [0.717, 1.165) is 6.07 Å². The number of ether oxygens (including phenoxy) is 1. The van der Waals surface area contributed by atoms with E-state index in [0.29, 0.717) is 12.0 Å². The van der Waals surface area contributed by atoms with Gasteiger partial charge in [-0.3, -0.25) is 9.59 Å². The fourth-order valence-electron chi connectivity index (χ4n) is 1.65. The molecule has 1 rings (SSSR count). The summed E-state index contributed by atoms with van der Waals surface area (Å²) in [4.78, 5) is 23.5. The van der Waals surface area contributed by atoms with Gasteiger partial charge in [-0.05, 0) is 31.0 Å². The minimum absolute atomic E-state index is 0.238. The van der Waals surface area contributed by atoms with E-state index in [1.54, 1.807) is 13.8 Å². The van der Waals surface area contributed by atoms with Crippen molar-refractivity contribution < 1.29 is 18.7 Å². The number of aryl methyl sites for hydroxylation is 1. The van der Waals surface area contributed by atoms with Gasteiger partial charge in [0.25, 0.3) is 0 Å². The van der Waals surface area contributed by atoms with Gasteiger partial charge >= 0.3 is 5.97 Å². The fraction of sp³-hybridized carbons (Fsp3) is 0.385. The molecule has 0 amide bonds. The molecular formula is C13H15FO3. The van der Waals surface area contributed by atoms with Crippen LogP contribution in [0.3, 0.4) is 0 Å². The van der Waals surface area contributed by atoms with Crippen LogP contribution in [0.25, 0.3) is 0 Å². The van der Waals surface area contributed by atoms with Crippen molar-refractivity contribution in [3.05, 3.63) is 35.1 Å². The number of carbonyl (C=O) groups excluding carboxylic acids is 2. The summed E-state index contributed by atoms with van der Waals surface area (Å²) in [7, 11) is 1.23. The molecule has 92 valence electrons. The molecule has 3 nitrogen and oxygen atoms in total. The van der Waals surface area contributed by atoms with Gasteiger partial charge in [-0.25, -0.2) is 4.39 Å². The molecule has 0 aliphatic carbocycles. The molecule has 0 saturated carbocycles. The van der Waals surface area contributed by atoms with Crippen LogP contribution in [0.2, 0.25) is 0 Å². The number of hydrogen-bond donors (Lipinski definition) is 0. The van der Waals surface area contributed by atoms with Crippen molar-refractivity contribution >= 4 is 11.8 Å². The molecule has 0 heterocycles. The summed E-state index contributed by atoms with van der Waals surface area (Å²) in [6.45, 7) is 3.42. The molecule has 0 radical (unpaired) electrons. The Kier molecular flexibility index (Phi) is 4.37. The third-order valence-electron chi connectivity index (χ3n) is 2.68. The van der Waals surface area contributed by atoms with Crippen molar-refractivity contribution in [2.45, 2.75) is 20.3 Å². The van der Waals surface area contributed by atoms with Gasteiger partial charge in [0.05, 0.1) is 7.11 Å². The highest BCUT2D eigenvalue weighted by atomic mass is 19.1. The van der Waals surface area contributed by atoms with Crippen LogP contribution in [0.5, 0.6) is 0 Å². The summed E-state index contributed by atoms with van der Waals surface area (Å²) >= 11 is 0. The Hall–Kier alpha value is -1.71. The van der Waals surface area contributed by atoms with Crippen LogP contribution in [-0.4, -0.2) is 18.9 Å². The lowest BCUT2D eigenvalue weighted by molar-refractivity contribution is -0.143. The van der Waals surface area contributed by atoms with E-state index in [-0.39, 0.29) is 5.56 Å². The van der Waals surface area contributed by atoms with Gasteiger partial charge in [0, 0.05) is 5.56 Å². The molecule has 1 aromatic rings. The van der Waals surface area contributed by atoms with E-state index in [4.69, 9.17) is 0 Å². The maximum atomic E-state index is 13.1. The predicted molar refractivity (Wildman–Crippen MR) is 61.3 cm³/mol. The van der Waals surface area contributed by atoms with Crippen LogP contribution in [0.1, 0.15) is 29.3 Å². The van der Waals surface area contributed by atoms with Crippen LogP contribution in [0, 0.1) is 18.7 Å². The molecule has 0 aliphatic rings. The Morgan fingerprint density at radius 1 is 1.41 bits per heavy atom. The number of methoxy groups -OCH3 is 1. The zero-order valence-corrected chi connectivity index (χ0v) is 10.1. The molecule has 1 unspecified atom stereocenters. The van der Waals surface area contributed by atoms with Crippen molar-refractivity contribution in [1.82, 2.24) is 0 Å². The number of halogens is 1. The largest absolute Gasteiger partial charge is 0.468 e. The van der Waals surface area contributed by atoms with E-state index >= 15 is 0 Å². The lowest BCUT2D eigenvalue weighted by Gasteiger charge is -2.12. The second kappa shape index (κ2) is 5.57. The van der Waals surface area contributed by atoms with Crippen LogP contribution in [-0.2, 0) is 9.53 Å². The first-order valence-corrected chi connectivity index (χ1v) is 5.39. The lowest BCUT2D eigenvalue weighted by atomic mass is 9.92. The Balaban J connectivity index is 3.10. The standard InChI is InChI=1S/C13H15FO3/c1-4-10(13(16)17-3)12(15)11-7-9(14)6-5-8(11)2/h5-7,10H,4H2,1-3H3. The maximum absolute atomic E-state index is 13.1. The smallest absolute Gasteiger partial charge is 0.316 e. The van der Waals surface area contributed by atoms with Crippen molar-refractivity contribution in [2.75, 3.05) is 7.11 Å². The van der Waals surface area contributed by atoms with Crippen LogP contribution >= 0.6 is 0 Å². The summed E-state index contributed by atoms with van der Waals surface area (Å²) in [5, 5.41) is 0. The normalized spacial score (nSPS) is 12.0. The molecule has 0 N–H and O–H groups in total. The zero-order valence-electron chi connectivity index (χ0n) is 10.1. The van der Waals surface area contributed by atoms with Gasteiger partial charge in [0.2, 0.25) is 0 Å². The molecular weight excluding hydrogens is 223 g/mol. The van der Waals surface area contributed by atoms with E-state index in [2.05, 4.69) is 4.74 Å². The number of hydrogen-bond acceptors (Lipinski definition) is 3. The summed E-state index contributed by atoms with van der Waals surface area (Å²) in [5.41, 5.74) is 0.890. The fourth-order valence-corrected chi connectivity index (χ4v) is 1.65. The number of esters is 1. The second-order valence-corrected chi connectivity index (χ2v) is 3.81. The third kappa shape index (κ3) is 2.90. The van der Waals surface area contributed by atoms with Gasteiger partial charge in [0.15, 0.2) is 5.78 Å². The highest BCUT2D eigenvalue weighted by Gasteiger charge is 2.27. The molecule has 0 spiro atoms. The van der Waals surface area contributed by atoms with Crippen LogP contribution in [0.4, 0.5) is 4.39 Å². The summed E-state index contributed by atoms with van der Waals surface area (Å²) in [6.07, 6.45) is 0.335. The van der Waals surface area contributed by atoms with Crippen molar-refractivity contribution in [2.24, 2.45) is 5.92 Å². The predicted octanol–water partition coefficient (Wildman–Crippen LogP) is 2.52. The quantitative estimate of drug-likeness (QED) is 0.460. The maximum Gasteiger partial charge on any atom is 0.316 e. The topological polar surface area (TPSA) is 43.4 Å². The molecule has 0 fully saturated rings. The lowest BCUT2D eigenvalue weighted by Crippen LogP contribution is -2.25. The second-order valence-electron chi connectivity index (χ2n) is 3.81. The van der Waals surface area contributed by atoms with Crippen molar-refractivity contribution in [1.29, 1.82) is 0 Å². The van der Waals surface area contributed by atoms with Crippen molar-refractivity contribution in [3.63, 3.8) is 0 Å². The number of ketones is 1.